The van der Waals surface area contributed by atoms with E-state index in [1.807, 2.05) is 41.3 Å². The number of aromatic amines is 1. The topological polar surface area (TPSA) is 73.7 Å². The zero-order valence-corrected chi connectivity index (χ0v) is 19.5. The lowest BCUT2D eigenvalue weighted by Gasteiger charge is -2.34. The minimum Gasteiger partial charge on any atom is -0.334 e. The van der Waals surface area contributed by atoms with E-state index in [1.165, 1.54) is 4.52 Å². The Hall–Kier alpha value is -2.93. The molecular formula is C26H33N5O2. The van der Waals surface area contributed by atoms with E-state index in [9.17, 15) is 9.59 Å². The molecule has 5 rings (SSSR count). The third-order valence-electron chi connectivity index (χ3n) is 7.30. The van der Waals surface area contributed by atoms with Gasteiger partial charge in [0.1, 0.15) is 0 Å². The van der Waals surface area contributed by atoms with Crippen LogP contribution in [0.15, 0.2) is 47.3 Å². The van der Waals surface area contributed by atoms with Crippen molar-refractivity contribution < 1.29 is 4.79 Å². The van der Waals surface area contributed by atoms with E-state index in [-0.39, 0.29) is 17.5 Å². The van der Waals surface area contributed by atoms with Gasteiger partial charge in [0, 0.05) is 30.6 Å². The maximum absolute atomic E-state index is 13.0. The Kier molecular flexibility index (Phi) is 6.06. The predicted molar refractivity (Wildman–Crippen MR) is 128 cm³/mol. The highest BCUT2D eigenvalue weighted by molar-refractivity contribution is 5.79. The van der Waals surface area contributed by atoms with Crippen LogP contribution in [0.25, 0.3) is 5.65 Å². The largest absolute Gasteiger partial charge is 0.334 e. The van der Waals surface area contributed by atoms with Crippen molar-refractivity contribution in [3.05, 3.63) is 69.8 Å². The van der Waals surface area contributed by atoms with Gasteiger partial charge in [0.25, 0.3) is 5.56 Å². The van der Waals surface area contributed by atoms with Gasteiger partial charge in [-0.1, -0.05) is 30.3 Å². The standard InChI is InChI=1S/C26H33N5O2/c1-18(2)29-13-10-20(11-14-29)21-17-26(33)31-24(27-21)16-22(28-31)23-9-6-12-30(23)25(32)15-19-7-4-3-5-8-19/h3-5,7-8,16-18,20,23,28H,6,9-15H2,1-2H3/t23-/m0/s1. The van der Waals surface area contributed by atoms with Crippen LogP contribution >= 0.6 is 0 Å². The number of likely N-dealkylation sites (tertiary alicyclic amines) is 2. The number of piperidine rings is 1. The number of nitrogens with zero attached hydrogens (tertiary/aromatic N) is 4. The van der Waals surface area contributed by atoms with E-state index in [0.29, 0.717) is 24.0 Å². The van der Waals surface area contributed by atoms with Gasteiger partial charge in [0.2, 0.25) is 5.91 Å². The number of hydrogen-bond acceptors (Lipinski definition) is 4. The maximum atomic E-state index is 13.0. The minimum atomic E-state index is -0.0762. The van der Waals surface area contributed by atoms with E-state index in [0.717, 1.165) is 62.3 Å². The molecule has 1 N–H and O–H groups in total. The van der Waals surface area contributed by atoms with Crippen molar-refractivity contribution in [1.29, 1.82) is 0 Å². The van der Waals surface area contributed by atoms with Crippen molar-refractivity contribution in [2.24, 2.45) is 0 Å². The van der Waals surface area contributed by atoms with E-state index < -0.39 is 0 Å². The average Bonchev–Trinajstić information content (AvgIpc) is 3.47. The van der Waals surface area contributed by atoms with Crippen LogP contribution in [0.4, 0.5) is 0 Å². The lowest BCUT2D eigenvalue weighted by atomic mass is 9.92. The normalized spacial score (nSPS) is 20.2. The number of benzene rings is 1. The fourth-order valence-electron chi connectivity index (χ4n) is 5.38. The molecule has 7 heteroatoms. The van der Waals surface area contributed by atoms with Crippen LogP contribution in [0.2, 0.25) is 0 Å². The molecule has 7 nitrogen and oxygen atoms in total. The zero-order valence-electron chi connectivity index (χ0n) is 19.5. The number of aromatic nitrogens is 3. The molecule has 2 saturated heterocycles. The number of H-pyrrole nitrogens is 1. The van der Waals surface area contributed by atoms with Gasteiger partial charge >= 0.3 is 0 Å². The van der Waals surface area contributed by atoms with Gasteiger partial charge in [0.05, 0.1) is 23.9 Å². The lowest BCUT2D eigenvalue weighted by Crippen LogP contribution is -2.38. The molecule has 0 bridgehead atoms. The number of amides is 1. The molecular weight excluding hydrogens is 414 g/mol. The van der Waals surface area contributed by atoms with Crippen molar-refractivity contribution in [2.45, 2.75) is 64.0 Å². The number of carbonyl (C=O) groups is 1. The molecule has 4 heterocycles. The second-order valence-electron chi connectivity index (χ2n) is 9.74. The summed E-state index contributed by atoms with van der Waals surface area (Å²) in [5.41, 5.74) is 3.40. The highest BCUT2D eigenvalue weighted by Gasteiger charge is 2.31. The van der Waals surface area contributed by atoms with E-state index >= 15 is 0 Å². The summed E-state index contributed by atoms with van der Waals surface area (Å²) in [6.07, 6.45) is 4.31. The monoisotopic (exact) mass is 447 g/mol. The summed E-state index contributed by atoms with van der Waals surface area (Å²) >= 11 is 0. The molecule has 1 atom stereocenters. The SMILES string of the molecule is CC(C)N1CCC(c2cc(=O)n3[nH]c([C@@H]4CCCN4C(=O)Cc4ccccc4)cc3n2)CC1. The predicted octanol–water partition coefficient (Wildman–Crippen LogP) is 3.52. The quantitative estimate of drug-likeness (QED) is 0.650. The number of rotatable bonds is 5. The van der Waals surface area contributed by atoms with Crippen LogP contribution in [0, 0.1) is 0 Å². The van der Waals surface area contributed by atoms with Crippen molar-refractivity contribution >= 4 is 11.6 Å². The molecule has 2 aliphatic heterocycles. The molecule has 0 spiro atoms. The molecule has 3 aromatic rings. The molecule has 0 saturated carbocycles. The molecule has 2 aromatic heterocycles. The van der Waals surface area contributed by atoms with Crippen LogP contribution in [-0.2, 0) is 11.2 Å². The minimum absolute atomic E-state index is 0.0416. The van der Waals surface area contributed by atoms with Gasteiger partial charge in [-0.05, 0) is 58.2 Å². The van der Waals surface area contributed by atoms with Gasteiger partial charge in [-0.3, -0.25) is 14.7 Å². The highest BCUT2D eigenvalue weighted by Crippen LogP contribution is 2.32. The number of carbonyl (C=O) groups excluding carboxylic acids is 1. The van der Waals surface area contributed by atoms with Gasteiger partial charge < -0.3 is 9.80 Å². The van der Waals surface area contributed by atoms with Crippen LogP contribution in [0.1, 0.15) is 68.4 Å². The summed E-state index contributed by atoms with van der Waals surface area (Å²) in [4.78, 5) is 35.2. The third-order valence-corrected chi connectivity index (χ3v) is 7.30. The van der Waals surface area contributed by atoms with E-state index in [2.05, 4.69) is 23.8 Å². The van der Waals surface area contributed by atoms with Gasteiger partial charge in [-0.2, -0.15) is 0 Å². The number of fused-ring (bicyclic) bond motifs is 1. The Morgan fingerprint density at radius 1 is 1.09 bits per heavy atom. The van der Waals surface area contributed by atoms with Crippen molar-refractivity contribution in [1.82, 2.24) is 24.4 Å². The molecule has 0 unspecified atom stereocenters. The first-order valence-corrected chi connectivity index (χ1v) is 12.2. The fourth-order valence-corrected chi connectivity index (χ4v) is 5.38. The Labute approximate surface area is 194 Å². The zero-order chi connectivity index (χ0) is 22.9. The van der Waals surface area contributed by atoms with Crippen LogP contribution in [0.5, 0.6) is 0 Å². The summed E-state index contributed by atoms with van der Waals surface area (Å²) in [6.45, 7) is 7.29. The second-order valence-corrected chi connectivity index (χ2v) is 9.74. The summed E-state index contributed by atoms with van der Waals surface area (Å²) < 4.78 is 1.53. The first-order chi connectivity index (χ1) is 16.0. The Morgan fingerprint density at radius 2 is 1.85 bits per heavy atom. The van der Waals surface area contributed by atoms with Crippen LogP contribution in [0.3, 0.4) is 0 Å². The molecule has 0 aliphatic carbocycles. The number of hydrogen-bond donors (Lipinski definition) is 1. The lowest BCUT2D eigenvalue weighted by molar-refractivity contribution is -0.131. The van der Waals surface area contributed by atoms with Crippen molar-refractivity contribution in [2.75, 3.05) is 19.6 Å². The molecule has 0 radical (unpaired) electrons. The average molecular weight is 448 g/mol. The molecule has 33 heavy (non-hydrogen) atoms. The molecule has 2 aliphatic rings. The van der Waals surface area contributed by atoms with Gasteiger partial charge in [0.15, 0.2) is 5.65 Å². The van der Waals surface area contributed by atoms with Crippen LogP contribution in [-0.4, -0.2) is 56.0 Å². The first-order valence-electron chi connectivity index (χ1n) is 12.2. The molecule has 2 fully saturated rings. The molecule has 174 valence electrons. The summed E-state index contributed by atoms with van der Waals surface area (Å²) in [5, 5.41) is 3.25. The summed E-state index contributed by atoms with van der Waals surface area (Å²) in [5.74, 6) is 0.451. The van der Waals surface area contributed by atoms with Gasteiger partial charge in [-0.25, -0.2) is 9.50 Å². The van der Waals surface area contributed by atoms with Gasteiger partial charge in [-0.15, -0.1) is 0 Å². The van der Waals surface area contributed by atoms with Crippen LogP contribution < -0.4 is 5.56 Å². The third kappa shape index (κ3) is 4.47. The fraction of sp³-hybridized carbons (Fsp3) is 0.500. The Bertz CT molecular complexity index is 1170. The van der Waals surface area contributed by atoms with E-state index in [1.54, 1.807) is 6.07 Å². The smallest absolute Gasteiger partial charge is 0.272 e. The second kappa shape index (κ2) is 9.14. The molecule has 1 aromatic carbocycles. The summed E-state index contributed by atoms with van der Waals surface area (Å²) in [7, 11) is 0. The summed E-state index contributed by atoms with van der Waals surface area (Å²) in [6, 6.07) is 14.0. The van der Waals surface area contributed by atoms with Crippen molar-refractivity contribution in [3.63, 3.8) is 0 Å². The first kappa shape index (κ1) is 21.9. The highest BCUT2D eigenvalue weighted by atomic mass is 16.2. The molecule has 1 amide bonds. The van der Waals surface area contributed by atoms with Crippen molar-refractivity contribution in [3.8, 4) is 0 Å². The maximum Gasteiger partial charge on any atom is 0.272 e. The van der Waals surface area contributed by atoms with E-state index in [4.69, 9.17) is 4.98 Å². The Morgan fingerprint density at radius 3 is 2.58 bits per heavy atom. The number of nitrogens with one attached hydrogen (secondary N) is 1. The Balaban J connectivity index is 1.36.